The lowest BCUT2D eigenvalue weighted by molar-refractivity contribution is -0.117. The van der Waals surface area contributed by atoms with Crippen molar-refractivity contribution >= 4 is 16.7 Å². The zero-order valence-electron chi connectivity index (χ0n) is 14.0. The van der Waals surface area contributed by atoms with Crippen molar-refractivity contribution in [3.8, 4) is 0 Å². The standard InChI is InChI=1S/C21H21NO2/c1-14-12-18-13-17(9-11-20(18)22-21(14)24)19(10-8-15(2)23)16-6-4-3-5-7-16/h3-7,9,11-13,19H,8,10H2,1-2H3,(H,22,24). The third kappa shape index (κ3) is 3.46. The molecule has 0 aliphatic rings. The van der Waals surface area contributed by atoms with Gasteiger partial charge in [-0.15, -0.1) is 0 Å². The number of nitrogens with one attached hydrogen (secondary N) is 1. The number of Topliss-reactive ketones (excluding diaryl/α,β-unsaturated/α-hetero) is 1. The van der Waals surface area contributed by atoms with Crippen LogP contribution < -0.4 is 5.56 Å². The molecule has 3 rings (SSSR count). The minimum Gasteiger partial charge on any atom is -0.322 e. The van der Waals surface area contributed by atoms with E-state index in [1.807, 2.05) is 43.3 Å². The summed E-state index contributed by atoms with van der Waals surface area (Å²) >= 11 is 0. The lowest BCUT2D eigenvalue weighted by atomic mass is 9.86. The van der Waals surface area contributed by atoms with Gasteiger partial charge in [-0.2, -0.15) is 0 Å². The number of carbonyl (C=O) groups is 1. The number of carbonyl (C=O) groups excluding carboxylic acids is 1. The van der Waals surface area contributed by atoms with Crippen LogP contribution in [-0.2, 0) is 4.79 Å². The van der Waals surface area contributed by atoms with Gasteiger partial charge in [0.25, 0.3) is 5.56 Å². The van der Waals surface area contributed by atoms with Crippen LogP contribution in [-0.4, -0.2) is 10.8 Å². The van der Waals surface area contributed by atoms with Crippen molar-refractivity contribution in [2.75, 3.05) is 0 Å². The van der Waals surface area contributed by atoms with Gasteiger partial charge >= 0.3 is 0 Å². The number of rotatable bonds is 5. The lowest BCUT2D eigenvalue weighted by Crippen LogP contribution is -2.09. The number of hydrogen-bond acceptors (Lipinski definition) is 2. The highest BCUT2D eigenvalue weighted by atomic mass is 16.1. The molecule has 1 unspecified atom stereocenters. The number of fused-ring (bicyclic) bond motifs is 1. The van der Waals surface area contributed by atoms with Gasteiger partial charge in [-0.05, 0) is 55.0 Å². The summed E-state index contributed by atoms with van der Waals surface area (Å²) in [4.78, 5) is 26.1. The highest BCUT2D eigenvalue weighted by Gasteiger charge is 2.15. The Labute approximate surface area is 141 Å². The predicted molar refractivity (Wildman–Crippen MR) is 97.5 cm³/mol. The molecule has 3 heteroatoms. The molecule has 0 aliphatic heterocycles. The predicted octanol–water partition coefficient (Wildman–Crippen LogP) is 4.34. The van der Waals surface area contributed by atoms with Crippen molar-refractivity contribution < 1.29 is 4.79 Å². The number of ketones is 1. The van der Waals surface area contributed by atoms with E-state index in [0.29, 0.717) is 12.0 Å². The average molecular weight is 319 g/mol. The van der Waals surface area contributed by atoms with E-state index < -0.39 is 0 Å². The summed E-state index contributed by atoms with van der Waals surface area (Å²) in [5.74, 6) is 0.378. The van der Waals surface area contributed by atoms with Gasteiger partial charge in [-0.3, -0.25) is 4.79 Å². The van der Waals surface area contributed by atoms with Crippen molar-refractivity contribution in [2.24, 2.45) is 0 Å². The van der Waals surface area contributed by atoms with Crippen LogP contribution in [0.5, 0.6) is 0 Å². The molecule has 1 heterocycles. The summed E-state index contributed by atoms with van der Waals surface area (Å²) in [6.45, 7) is 3.45. The molecule has 1 aromatic heterocycles. The van der Waals surface area contributed by atoms with Crippen LogP contribution in [0.4, 0.5) is 0 Å². The molecule has 122 valence electrons. The molecule has 0 amide bonds. The second kappa shape index (κ2) is 6.83. The lowest BCUT2D eigenvalue weighted by Gasteiger charge is -2.18. The van der Waals surface area contributed by atoms with Crippen molar-refractivity contribution in [3.05, 3.63) is 81.6 Å². The summed E-state index contributed by atoms with van der Waals surface area (Å²) < 4.78 is 0. The fraction of sp³-hybridized carbons (Fsp3) is 0.238. The summed E-state index contributed by atoms with van der Waals surface area (Å²) in [7, 11) is 0. The van der Waals surface area contributed by atoms with E-state index in [-0.39, 0.29) is 17.3 Å². The molecule has 3 aromatic rings. The first-order valence-corrected chi connectivity index (χ1v) is 8.22. The highest BCUT2D eigenvalue weighted by Crippen LogP contribution is 2.31. The van der Waals surface area contributed by atoms with Crippen molar-refractivity contribution in [2.45, 2.75) is 32.6 Å². The molecule has 0 spiro atoms. The van der Waals surface area contributed by atoms with Gasteiger partial charge < -0.3 is 9.78 Å². The smallest absolute Gasteiger partial charge is 0.251 e. The van der Waals surface area contributed by atoms with E-state index >= 15 is 0 Å². The first-order chi connectivity index (χ1) is 11.5. The Bertz CT molecular complexity index is 925. The topological polar surface area (TPSA) is 49.9 Å². The largest absolute Gasteiger partial charge is 0.322 e. The highest BCUT2D eigenvalue weighted by molar-refractivity contribution is 5.80. The minimum atomic E-state index is -0.0496. The summed E-state index contributed by atoms with van der Waals surface area (Å²) in [5, 5.41) is 1.02. The Hall–Kier alpha value is -2.68. The molecule has 24 heavy (non-hydrogen) atoms. The summed E-state index contributed by atoms with van der Waals surface area (Å²) in [6.07, 6.45) is 1.34. The molecule has 0 bridgehead atoms. The number of benzene rings is 2. The molecule has 0 aliphatic carbocycles. The normalized spacial score (nSPS) is 12.2. The molecular weight excluding hydrogens is 298 g/mol. The zero-order valence-corrected chi connectivity index (χ0v) is 14.0. The molecular formula is C21H21NO2. The molecule has 1 N–H and O–H groups in total. The molecule has 0 saturated carbocycles. The summed E-state index contributed by atoms with van der Waals surface area (Å²) in [5.41, 5.74) is 3.87. The van der Waals surface area contributed by atoms with Crippen LogP contribution in [0.15, 0.2) is 59.4 Å². The van der Waals surface area contributed by atoms with Gasteiger partial charge in [0.05, 0.1) is 0 Å². The first kappa shape index (κ1) is 16.2. The van der Waals surface area contributed by atoms with E-state index in [4.69, 9.17) is 0 Å². The van der Waals surface area contributed by atoms with E-state index in [9.17, 15) is 9.59 Å². The van der Waals surface area contributed by atoms with Gasteiger partial charge in [0.15, 0.2) is 0 Å². The van der Waals surface area contributed by atoms with Crippen LogP contribution in [0.2, 0.25) is 0 Å². The molecule has 3 nitrogen and oxygen atoms in total. The number of pyridine rings is 1. The van der Waals surface area contributed by atoms with Crippen LogP contribution in [0.3, 0.4) is 0 Å². The quantitative estimate of drug-likeness (QED) is 0.760. The number of aryl methyl sites for hydroxylation is 1. The van der Waals surface area contributed by atoms with Crippen LogP contribution >= 0.6 is 0 Å². The van der Waals surface area contributed by atoms with Gasteiger partial charge in [0.1, 0.15) is 5.78 Å². The Morgan fingerprint density at radius 1 is 1.04 bits per heavy atom. The van der Waals surface area contributed by atoms with Gasteiger partial charge in [0, 0.05) is 23.4 Å². The maximum Gasteiger partial charge on any atom is 0.251 e. The van der Waals surface area contributed by atoms with Crippen LogP contribution in [0, 0.1) is 6.92 Å². The van der Waals surface area contributed by atoms with Gasteiger partial charge in [0.2, 0.25) is 0 Å². The van der Waals surface area contributed by atoms with E-state index in [2.05, 4.69) is 23.2 Å². The van der Waals surface area contributed by atoms with Crippen LogP contribution in [0.1, 0.15) is 42.4 Å². The van der Waals surface area contributed by atoms with Gasteiger partial charge in [-0.25, -0.2) is 0 Å². The number of aromatic nitrogens is 1. The molecule has 1 atom stereocenters. The van der Waals surface area contributed by atoms with E-state index in [1.54, 1.807) is 6.92 Å². The van der Waals surface area contributed by atoms with Gasteiger partial charge in [-0.1, -0.05) is 36.4 Å². The van der Waals surface area contributed by atoms with Crippen molar-refractivity contribution in [3.63, 3.8) is 0 Å². The third-order valence-corrected chi connectivity index (χ3v) is 4.44. The fourth-order valence-corrected chi connectivity index (χ4v) is 3.11. The van der Waals surface area contributed by atoms with Crippen molar-refractivity contribution in [1.29, 1.82) is 0 Å². The number of H-pyrrole nitrogens is 1. The molecule has 0 radical (unpaired) electrons. The molecule has 0 saturated heterocycles. The fourth-order valence-electron chi connectivity index (χ4n) is 3.11. The second-order valence-corrected chi connectivity index (χ2v) is 6.33. The van der Waals surface area contributed by atoms with Crippen molar-refractivity contribution in [1.82, 2.24) is 4.98 Å². The van der Waals surface area contributed by atoms with E-state index in [1.165, 1.54) is 11.1 Å². The Morgan fingerprint density at radius 2 is 1.79 bits per heavy atom. The molecule has 2 aromatic carbocycles. The average Bonchev–Trinajstić information content (AvgIpc) is 2.57. The first-order valence-electron chi connectivity index (χ1n) is 8.22. The Morgan fingerprint density at radius 3 is 2.50 bits per heavy atom. The summed E-state index contributed by atoms with van der Waals surface area (Å²) in [6, 6.07) is 18.3. The van der Waals surface area contributed by atoms with E-state index in [0.717, 1.165) is 17.3 Å². The zero-order chi connectivity index (χ0) is 17.1. The number of aromatic amines is 1. The third-order valence-electron chi connectivity index (χ3n) is 4.44. The number of hydrogen-bond donors (Lipinski definition) is 1. The minimum absolute atomic E-state index is 0.0496. The Kier molecular flexibility index (Phi) is 4.61. The van der Waals surface area contributed by atoms with Crippen LogP contribution in [0.25, 0.3) is 10.9 Å². The monoisotopic (exact) mass is 319 g/mol. The molecule has 0 fully saturated rings. The SMILES string of the molecule is CC(=O)CCC(c1ccccc1)c1ccc2[nH]c(=O)c(C)cc2c1. The maximum absolute atomic E-state index is 11.8. The second-order valence-electron chi connectivity index (χ2n) is 6.33. The maximum atomic E-state index is 11.8. The Balaban J connectivity index is 2.06.